The Bertz CT molecular complexity index is 451. The van der Waals surface area contributed by atoms with Crippen LogP contribution in [0.1, 0.15) is 90.4 Å². The zero-order valence-corrected chi connectivity index (χ0v) is 14.6. The lowest BCUT2D eigenvalue weighted by atomic mass is 9.33. The molecule has 0 aromatic heterocycles. The van der Waals surface area contributed by atoms with E-state index in [2.05, 4.69) is 6.92 Å². The van der Waals surface area contributed by atoms with Crippen LogP contribution in [0, 0.1) is 45.8 Å². The summed E-state index contributed by atoms with van der Waals surface area (Å²) in [5.74, 6) is 5.72. The van der Waals surface area contributed by atoms with Gasteiger partial charge in [0.25, 0.3) is 0 Å². The second kappa shape index (κ2) is 3.97. The highest BCUT2D eigenvalue weighted by molar-refractivity contribution is 5.17. The first-order valence-electron chi connectivity index (χ1n) is 10.6. The zero-order chi connectivity index (χ0) is 14.6. The van der Waals surface area contributed by atoms with E-state index in [4.69, 9.17) is 0 Å². The third-order valence-electron chi connectivity index (χ3n) is 10.1. The van der Waals surface area contributed by atoms with E-state index < -0.39 is 0 Å². The monoisotopic (exact) mass is 298 g/mol. The molecule has 0 aliphatic heterocycles. The minimum atomic E-state index is 0.799. The predicted molar refractivity (Wildman–Crippen MR) is 90.4 cm³/mol. The van der Waals surface area contributed by atoms with Crippen LogP contribution >= 0.6 is 0 Å². The van der Waals surface area contributed by atoms with E-state index in [0.717, 1.165) is 45.8 Å². The molecule has 3 unspecified atom stereocenters. The lowest BCUT2D eigenvalue weighted by Crippen LogP contribution is -2.62. The third-order valence-corrected chi connectivity index (χ3v) is 10.1. The Morgan fingerprint density at radius 2 is 1.05 bits per heavy atom. The van der Waals surface area contributed by atoms with Crippen LogP contribution in [-0.4, -0.2) is 0 Å². The molecule has 0 aromatic rings. The van der Waals surface area contributed by atoms with E-state index in [1.54, 1.807) is 77.0 Å². The standard InChI is InChI=1S/C22H34/c1-2-20-7-18-6-19(8-20)13-22(12-18,14-20)21-9-15-3-16(10-21)5-17(4-15)11-21/h15-19H,2-14H2,1H3/t15?,16?,17?,18-,19?,20?,21?,22?/m0/s1. The fourth-order valence-corrected chi connectivity index (χ4v) is 10.2. The molecule has 0 amide bonds. The SMILES string of the molecule is CCC12CC3C[C@@H](C1)CC(C14CC5CC(CC(C5)C1)C4)(C3)C2. The lowest BCUT2D eigenvalue weighted by Gasteiger charge is -2.72. The first-order valence-corrected chi connectivity index (χ1v) is 10.6. The number of hydrogen-bond donors (Lipinski definition) is 0. The maximum Gasteiger partial charge on any atom is -0.0230 e. The van der Waals surface area contributed by atoms with Gasteiger partial charge >= 0.3 is 0 Å². The lowest BCUT2D eigenvalue weighted by molar-refractivity contribution is -0.221. The van der Waals surface area contributed by atoms with Crippen molar-refractivity contribution in [2.75, 3.05) is 0 Å². The van der Waals surface area contributed by atoms with Crippen molar-refractivity contribution in [2.45, 2.75) is 90.4 Å². The smallest absolute Gasteiger partial charge is 0.0230 e. The molecule has 0 heteroatoms. The zero-order valence-electron chi connectivity index (χ0n) is 14.6. The van der Waals surface area contributed by atoms with Crippen molar-refractivity contribution < 1.29 is 0 Å². The Kier molecular flexibility index (Phi) is 2.40. The summed E-state index contributed by atoms with van der Waals surface area (Å²) >= 11 is 0. The van der Waals surface area contributed by atoms with Crippen LogP contribution < -0.4 is 0 Å². The van der Waals surface area contributed by atoms with Gasteiger partial charge in [0.05, 0.1) is 0 Å². The molecule has 4 atom stereocenters. The van der Waals surface area contributed by atoms with Crippen molar-refractivity contribution in [1.29, 1.82) is 0 Å². The first kappa shape index (κ1) is 13.3. The van der Waals surface area contributed by atoms with Crippen molar-refractivity contribution >= 4 is 0 Å². The average molecular weight is 299 g/mol. The summed E-state index contributed by atoms with van der Waals surface area (Å²) < 4.78 is 0. The van der Waals surface area contributed by atoms with Gasteiger partial charge in [-0.2, -0.15) is 0 Å². The molecule has 0 radical (unpaired) electrons. The van der Waals surface area contributed by atoms with Gasteiger partial charge in [-0.25, -0.2) is 0 Å². The van der Waals surface area contributed by atoms with Gasteiger partial charge in [0.2, 0.25) is 0 Å². The summed E-state index contributed by atoms with van der Waals surface area (Å²) in [6.07, 6.45) is 21.2. The third kappa shape index (κ3) is 1.52. The van der Waals surface area contributed by atoms with Crippen LogP contribution in [0.2, 0.25) is 0 Å². The molecule has 22 heavy (non-hydrogen) atoms. The molecule has 0 saturated heterocycles. The van der Waals surface area contributed by atoms with Crippen LogP contribution in [0.15, 0.2) is 0 Å². The summed E-state index contributed by atoms with van der Waals surface area (Å²) in [5, 5.41) is 0. The molecule has 122 valence electrons. The molecular formula is C22H34. The highest BCUT2D eigenvalue weighted by Crippen LogP contribution is 2.77. The molecule has 0 N–H and O–H groups in total. The quantitative estimate of drug-likeness (QED) is 0.569. The molecule has 8 saturated carbocycles. The molecule has 0 spiro atoms. The number of rotatable bonds is 2. The van der Waals surface area contributed by atoms with E-state index in [1.807, 2.05) is 0 Å². The van der Waals surface area contributed by atoms with Gasteiger partial charge in [-0.1, -0.05) is 13.3 Å². The molecule has 8 rings (SSSR count). The summed E-state index contributed by atoms with van der Waals surface area (Å²) in [6, 6.07) is 0. The van der Waals surface area contributed by atoms with Crippen LogP contribution in [0.25, 0.3) is 0 Å². The van der Waals surface area contributed by atoms with Crippen LogP contribution in [0.3, 0.4) is 0 Å². The molecular weight excluding hydrogens is 264 g/mol. The van der Waals surface area contributed by atoms with Gasteiger partial charge in [0.15, 0.2) is 0 Å². The molecule has 8 fully saturated rings. The largest absolute Gasteiger partial charge is 0.0649 e. The molecule has 0 nitrogen and oxygen atoms in total. The highest BCUT2D eigenvalue weighted by Gasteiger charge is 2.67. The second-order valence-electron chi connectivity index (χ2n) is 11.3. The Labute approximate surface area is 136 Å². The molecule has 0 aromatic carbocycles. The first-order chi connectivity index (χ1) is 10.6. The van der Waals surface area contributed by atoms with E-state index in [-0.39, 0.29) is 0 Å². The molecule has 8 aliphatic rings. The van der Waals surface area contributed by atoms with Gasteiger partial charge < -0.3 is 0 Å². The van der Waals surface area contributed by atoms with Crippen molar-refractivity contribution in [3.05, 3.63) is 0 Å². The van der Waals surface area contributed by atoms with Crippen LogP contribution in [0.4, 0.5) is 0 Å². The van der Waals surface area contributed by atoms with E-state index in [0.29, 0.717) is 0 Å². The fraction of sp³-hybridized carbons (Fsp3) is 1.00. The maximum absolute atomic E-state index is 2.53. The predicted octanol–water partition coefficient (Wildman–Crippen LogP) is 6.20. The minimum Gasteiger partial charge on any atom is -0.0649 e. The summed E-state index contributed by atoms with van der Waals surface area (Å²) in [5.41, 5.74) is 2.45. The van der Waals surface area contributed by atoms with Crippen LogP contribution in [0.5, 0.6) is 0 Å². The van der Waals surface area contributed by atoms with Crippen molar-refractivity contribution in [3.8, 4) is 0 Å². The van der Waals surface area contributed by atoms with Gasteiger partial charge in [0, 0.05) is 0 Å². The van der Waals surface area contributed by atoms with Crippen molar-refractivity contribution in [1.82, 2.24) is 0 Å². The van der Waals surface area contributed by atoms with E-state index in [9.17, 15) is 0 Å². The Balaban J connectivity index is 1.44. The Hall–Kier alpha value is 0. The van der Waals surface area contributed by atoms with Crippen molar-refractivity contribution in [2.24, 2.45) is 45.8 Å². The van der Waals surface area contributed by atoms with Gasteiger partial charge in [-0.15, -0.1) is 0 Å². The topological polar surface area (TPSA) is 0 Å². The maximum atomic E-state index is 2.53. The number of hydrogen-bond acceptors (Lipinski definition) is 0. The molecule has 8 bridgehead atoms. The second-order valence-corrected chi connectivity index (χ2v) is 11.3. The highest BCUT2D eigenvalue weighted by atomic mass is 14.7. The van der Waals surface area contributed by atoms with Gasteiger partial charge in [-0.05, 0) is 123 Å². The molecule has 8 aliphatic carbocycles. The van der Waals surface area contributed by atoms with E-state index in [1.165, 1.54) is 6.42 Å². The van der Waals surface area contributed by atoms with Gasteiger partial charge in [0.1, 0.15) is 0 Å². The Morgan fingerprint density at radius 1 is 0.591 bits per heavy atom. The summed E-state index contributed by atoms with van der Waals surface area (Å²) in [6.45, 7) is 2.53. The van der Waals surface area contributed by atoms with Gasteiger partial charge in [-0.3, -0.25) is 0 Å². The Morgan fingerprint density at radius 3 is 1.55 bits per heavy atom. The normalized spacial score (nSPS) is 64.5. The minimum absolute atomic E-state index is 0.799. The van der Waals surface area contributed by atoms with E-state index >= 15 is 0 Å². The summed E-state index contributed by atoms with van der Waals surface area (Å²) in [7, 11) is 0. The van der Waals surface area contributed by atoms with Crippen molar-refractivity contribution in [3.63, 3.8) is 0 Å². The fourth-order valence-electron chi connectivity index (χ4n) is 10.2. The average Bonchev–Trinajstić information content (AvgIpc) is 2.44. The molecule has 0 heterocycles. The van der Waals surface area contributed by atoms with Crippen LogP contribution in [-0.2, 0) is 0 Å². The summed E-state index contributed by atoms with van der Waals surface area (Å²) in [4.78, 5) is 0.